The van der Waals surface area contributed by atoms with Gasteiger partial charge in [0.2, 0.25) is 0 Å². The molecular formula is C26H20F3NO5. The van der Waals surface area contributed by atoms with Crippen molar-refractivity contribution in [3.8, 4) is 11.5 Å². The lowest BCUT2D eigenvalue weighted by atomic mass is 9.94. The maximum Gasteiger partial charge on any atom is 0.416 e. The number of nitrogens with zero attached hydrogens (tertiary/aromatic N) is 1. The van der Waals surface area contributed by atoms with Crippen LogP contribution in [-0.4, -0.2) is 29.0 Å². The number of halogens is 3. The van der Waals surface area contributed by atoms with E-state index in [2.05, 4.69) is 0 Å². The number of methoxy groups -OCH3 is 1. The van der Waals surface area contributed by atoms with Crippen molar-refractivity contribution < 1.29 is 37.7 Å². The van der Waals surface area contributed by atoms with Crippen LogP contribution in [0.2, 0.25) is 0 Å². The Morgan fingerprint density at radius 2 is 1.69 bits per heavy atom. The van der Waals surface area contributed by atoms with Gasteiger partial charge in [-0.05, 0) is 61.0 Å². The van der Waals surface area contributed by atoms with Gasteiger partial charge in [-0.1, -0.05) is 23.8 Å². The Hall–Kier alpha value is -4.27. The third-order valence-corrected chi connectivity index (χ3v) is 5.71. The van der Waals surface area contributed by atoms with Crippen LogP contribution in [0.5, 0.6) is 11.5 Å². The zero-order valence-electron chi connectivity index (χ0n) is 18.6. The van der Waals surface area contributed by atoms with E-state index < -0.39 is 35.2 Å². The standard InChI is InChI=1S/C26H20F3NO5/c1-14-6-11-20(35-2)19(12-14)23(32)21-22(15-4-3-5-18(31)13-15)30(25(34)24(21)33)17-9-7-16(8-10-17)26(27,28)29/h3-13,22,31-32H,1-2H3/b23-21+. The highest BCUT2D eigenvalue weighted by atomic mass is 19.4. The fraction of sp³-hybridized carbons (Fsp3) is 0.154. The average Bonchev–Trinajstić information content (AvgIpc) is 3.08. The van der Waals surface area contributed by atoms with Gasteiger partial charge in [-0.15, -0.1) is 0 Å². The molecule has 1 fully saturated rings. The van der Waals surface area contributed by atoms with Crippen LogP contribution >= 0.6 is 0 Å². The van der Waals surface area contributed by atoms with Gasteiger partial charge in [0.15, 0.2) is 0 Å². The van der Waals surface area contributed by atoms with E-state index in [1.165, 1.54) is 31.4 Å². The Kier molecular flexibility index (Phi) is 6.02. The van der Waals surface area contributed by atoms with Gasteiger partial charge in [-0.2, -0.15) is 13.2 Å². The smallest absolute Gasteiger partial charge is 0.416 e. The van der Waals surface area contributed by atoms with E-state index >= 15 is 0 Å². The molecule has 3 aromatic rings. The number of hydrogen-bond acceptors (Lipinski definition) is 5. The quantitative estimate of drug-likeness (QED) is 0.297. The number of rotatable bonds is 4. The first-order valence-corrected chi connectivity index (χ1v) is 10.4. The van der Waals surface area contributed by atoms with Crippen molar-refractivity contribution in [2.75, 3.05) is 12.0 Å². The lowest BCUT2D eigenvalue weighted by Gasteiger charge is -2.26. The third kappa shape index (κ3) is 4.32. The highest BCUT2D eigenvalue weighted by molar-refractivity contribution is 6.51. The van der Waals surface area contributed by atoms with Gasteiger partial charge in [0.05, 0.1) is 29.9 Å². The Labute approximate surface area is 198 Å². The van der Waals surface area contributed by atoms with Crippen LogP contribution in [0, 0.1) is 6.92 Å². The molecule has 0 spiro atoms. The van der Waals surface area contributed by atoms with Gasteiger partial charge < -0.3 is 14.9 Å². The van der Waals surface area contributed by atoms with E-state index in [9.17, 15) is 33.0 Å². The summed E-state index contributed by atoms with van der Waals surface area (Å²) in [4.78, 5) is 27.3. The molecular weight excluding hydrogens is 463 g/mol. The summed E-state index contributed by atoms with van der Waals surface area (Å²) in [6, 6.07) is 13.2. The number of phenolic OH excluding ortho intramolecular Hbond substituents is 1. The number of alkyl halides is 3. The first kappa shape index (κ1) is 23.9. The molecule has 35 heavy (non-hydrogen) atoms. The van der Waals surface area contributed by atoms with Crippen LogP contribution in [0.15, 0.2) is 72.3 Å². The minimum absolute atomic E-state index is 0.0173. The normalized spacial score (nSPS) is 17.6. The molecule has 0 radical (unpaired) electrons. The molecule has 1 aliphatic heterocycles. The van der Waals surface area contributed by atoms with Crippen molar-refractivity contribution in [1.29, 1.82) is 0 Å². The molecule has 1 amide bonds. The predicted molar refractivity (Wildman–Crippen MR) is 122 cm³/mol. The first-order chi connectivity index (χ1) is 16.5. The molecule has 0 aromatic heterocycles. The molecule has 1 heterocycles. The lowest BCUT2D eigenvalue weighted by Crippen LogP contribution is -2.29. The molecule has 3 aromatic carbocycles. The average molecular weight is 483 g/mol. The zero-order chi connectivity index (χ0) is 25.5. The molecule has 0 saturated carbocycles. The maximum atomic E-state index is 13.2. The molecule has 4 rings (SSSR count). The van der Waals surface area contributed by atoms with Crippen molar-refractivity contribution in [1.82, 2.24) is 0 Å². The second kappa shape index (κ2) is 8.83. The molecule has 9 heteroatoms. The van der Waals surface area contributed by atoms with E-state index in [-0.39, 0.29) is 33.9 Å². The molecule has 6 nitrogen and oxygen atoms in total. The van der Waals surface area contributed by atoms with Gasteiger partial charge in [-0.25, -0.2) is 0 Å². The topological polar surface area (TPSA) is 87.1 Å². The molecule has 1 saturated heterocycles. The fourth-order valence-corrected chi connectivity index (χ4v) is 4.07. The first-order valence-electron chi connectivity index (χ1n) is 10.4. The number of aliphatic hydroxyl groups excluding tert-OH is 1. The summed E-state index contributed by atoms with van der Waals surface area (Å²) in [6.07, 6.45) is -4.58. The molecule has 1 aliphatic rings. The highest BCUT2D eigenvalue weighted by Gasteiger charge is 2.47. The van der Waals surface area contributed by atoms with Crippen molar-refractivity contribution >= 4 is 23.1 Å². The number of Topliss-reactive ketones (excluding diaryl/α,β-unsaturated/α-hetero) is 1. The van der Waals surface area contributed by atoms with Gasteiger partial charge >= 0.3 is 6.18 Å². The molecule has 1 atom stereocenters. The number of aliphatic hydroxyl groups is 1. The SMILES string of the molecule is COc1ccc(C)cc1/C(O)=C1\C(=O)C(=O)N(c2ccc(C(F)(F)F)cc2)C1c1cccc(O)c1. The second-order valence-electron chi connectivity index (χ2n) is 8.01. The Morgan fingerprint density at radius 3 is 2.29 bits per heavy atom. The number of aryl methyl sites for hydroxylation is 1. The minimum atomic E-state index is -4.58. The maximum absolute atomic E-state index is 13.2. The van der Waals surface area contributed by atoms with E-state index in [1.54, 1.807) is 25.1 Å². The number of carbonyl (C=O) groups excluding carboxylic acids is 2. The van der Waals surface area contributed by atoms with Crippen LogP contribution in [0.25, 0.3) is 5.76 Å². The monoisotopic (exact) mass is 483 g/mol. The van der Waals surface area contributed by atoms with Gasteiger partial charge in [0.25, 0.3) is 11.7 Å². The number of ether oxygens (including phenoxy) is 1. The number of aromatic hydroxyl groups is 1. The highest BCUT2D eigenvalue weighted by Crippen LogP contribution is 2.44. The largest absolute Gasteiger partial charge is 0.508 e. The summed E-state index contributed by atoms with van der Waals surface area (Å²) in [7, 11) is 1.38. The summed E-state index contributed by atoms with van der Waals surface area (Å²) < 4.78 is 44.5. The number of carbonyl (C=O) groups is 2. The number of benzene rings is 3. The van der Waals surface area contributed by atoms with Gasteiger partial charge in [0, 0.05) is 5.69 Å². The Balaban J connectivity index is 1.95. The van der Waals surface area contributed by atoms with Crippen molar-refractivity contribution in [3.63, 3.8) is 0 Å². The van der Waals surface area contributed by atoms with Crippen LogP contribution in [0.4, 0.5) is 18.9 Å². The van der Waals surface area contributed by atoms with E-state index in [4.69, 9.17) is 4.74 Å². The number of anilines is 1. The predicted octanol–water partition coefficient (Wildman–Crippen LogP) is 5.35. The summed E-state index contributed by atoms with van der Waals surface area (Å²) in [5, 5.41) is 21.3. The van der Waals surface area contributed by atoms with Crippen LogP contribution in [0.1, 0.15) is 28.3 Å². The number of phenols is 1. The molecule has 0 aliphatic carbocycles. The second-order valence-corrected chi connectivity index (χ2v) is 8.01. The van der Waals surface area contributed by atoms with E-state index in [0.29, 0.717) is 0 Å². The van der Waals surface area contributed by atoms with Crippen molar-refractivity contribution in [2.24, 2.45) is 0 Å². The Bertz CT molecular complexity index is 1350. The summed E-state index contributed by atoms with van der Waals surface area (Å²) >= 11 is 0. The fourth-order valence-electron chi connectivity index (χ4n) is 4.07. The van der Waals surface area contributed by atoms with Gasteiger partial charge in [0.1, 0.15) is 17.3 Å². The van der Waals surface area contributed by atoms with Crippen molar-refractivity contribution in [2.45, 2.75) is 19.1 Å². The summed E-state index contributed by atoms with van der Waals surface area (Å²) in [5.41, 5.74) is 0.00268. The van der Waals surface area contributed by atoms with Crippen molar-refractivity contribution in [3.05, 3.63) is 94.6 Å². The molecule has 180 valence electrons. The molecule has 0 bridgehead atoms. The number of ketones is 1. The summed E-state index contributed by atoms with van der Waals surface area (Å²) in [6.45, 7) is 1.77. The minimum Gasteiger partial charge on any atom is -0.508 e. The number of hydrogen-bond donors (Lipinski definition) is 2. The zero-order valence-corrected chi connectivity index (χ0v) is 18.6. The third-order valence-electron chi connectivity index (χ3n) is 5.71. The Morgan fingerprint density at radius 1 is 1.00 bits per heavy atom. The molecule has 2 N–H and O–H groups in total. The van der Waals surface area contributed by atoms with Crippen LogP contribution < -0.4 is 9.64 Å². The van der Waals surface area contributed by atoms with Crippen LogP contribution in [-0.2, 0) is 15.8 Å². The van der Waals surface area contributed by atoms with E-state index in [0.717, 1.165) is 34.7 Å². The van der Waals surface area contributed by atoms with Gasteiger partial charge in [-0.3, -0.25) is 14.5 Å². The van der Waals surface area contributed by atoms with E-state index in [1.807, 2.05) is 0 Å². The number of amides is 1. The lowest BCUT2D eigenvalue weighted by molar-refractivity contribution is -0.137. The summed E-state index contributed by atoms with van der Waals surface area (Å²) in [5.74, 6) is -2.48. The van der Waals surface area contributed by atoms with Crippen LogP contribution in [0.3, 0.4) is 0 Å². The molecule has 1 unspecified atom stereocenters.